The van der Waals surface area contributed by atoms with Gasteiger partial charge in [-0.15, -0.1) is 0 Å². The Morgan fingerprint density at radius 1 is 1.36 bits per heavy atom. The van der Waals surface area contributed by atoms with Crippen molar-refractivity contribution in [3.8, 4) is 0 Å². The number of nitrogens with zero attached hydrogens (tertiary/aromatic N) is 5. The fourth-order valence-corrected chi connectivity index (χ4v) is 6.38. The molecule has 4 heterocycles. The summed E-state index contributed by atoms with van der Waals surface area (Å²) in [6.45, 7) is 4.32. The number of sulfonamides is 1. The number of likely N-dealkylation sites (tertiary alicyclic amines) is 1. The van der Waals surface area contributed by atoms with E-state index in [0.29, 0.717) is 30.2 Å². The van der Waals surface area contributed by atoms with E-state index in [-0.39, 0.29) is 36.4 Å². The Bertz CT molecular complexity index is 1010. The molecule has 2 aliphatic heterocycles. The number of carbonyl (C=O) groups excluding carboxylic acids is 1. The van der Waals surface area contributed by atoms with Gasteiger partial charge >= 0.3 is 0 Å². The maximum absolute atomic E-state index is 13.2. The van der Waals surface area contributed by atoms with Crippen molar-refractivity contribution in [3.05, 3.63) is 29.6 Å². The largest absolute Gasteiger partial charge is 0.396 e. The summed E-state index contributed by atoms with van der Waals surface area (Å²) in [7, 11) is -1.97. The van der Waals surface area contributed by atoms with Crippen molar-refractivity contribution >= 4 is 15.9 Å². The van der Waals surface area contributed by atoms with Crippen LogP contribution in [-0.4, -0.2) is 81.2 Å². The number of rotatable bonds is 4. The van der Waals surface area contributed by atoms with E-state index in [9.17, 15) is 18.3 Å². The average molecular weight is 408 g/mol. The molecule has 0 saturated carbocycles. The first kappa shape index (κ1) is 19.1. The molecule has 2 unspecified atom stereocenters. The summed E-state index contributed by atoms with van der Waals surface area (Å²) >= 11 is 0. The Morgan fingerprint density at radius 2 is 2.11 bits per heavy atom. The molecule has 0 bridgehead atoms. The van der Waals surface area contributed by atoms with Gasteiger partial charge in [0.2, 0.25) is 10.0 Å². The van der Waals surface area contributed by atoms with Crippen LogP contribution >= 0.6 is 0 Å². The van der Waals surface area contributed by atoms with Crippen LogP contribution in [0.4, 0.5) is 0 Å². The highest BCUT2D eigenvalue weighted by Gasteiger charge is 2.56. The first-order valence-electron chi connectivity index (χ1n) is 9.08. The van der Waals surface area contributed by atoms with Crippen LogP contribution in [0.25, 0.3) is 0 Å². The van der Waals surface area contributed by atoms with Gasteiger partial charge in [-0.25, -0.2) is 13.4 Å². The first-order chi connectivity index (χ1) is 13.2. The summed E-state index contributed by atoms with van der Waals surface area (Å²) in [5.41, 5.74) is 0.746. The lowest BCUT2D eigenvalue weighted by atomic mass is 9.82. The highest BCUT2D eigenvalue weighted by Crippen LogP contribution is 2.44. The molecule has 2 aromatic heterocycles. The van der Waals surface area contributed by atoms with E-state index < -0.39 is 15.4 Å². The van der Waals surface area contributed by atoms with Crippen molar-refractivity contribution in [2.24, 2.45) is 18.4 Å². The third-order valence-corrected chi connectivity index (χ3v) is 8.10. The van der Waals surface area contributed by atoms with Crippen molar-refractivity contribution in [3.63, 3.8) is 0 Å². The van der Waals surface area contributed by atoms with Crippen LogP contribution in [-0.2, 0) is 17.1 Å². The lowest BCUT2D eigenvalue weighted by Gasteiger charge is -2.27. The number of hydrogen-bond acceptors (Lipinski definition) is 6. The smallest absolute Gasteiger partial charge is 0.272 e. The van der Waals surface area contributed by atoms with Gasteiger partial charge in [0, 0.05) is 44.6 Å². The summed E-state index contributed by atoms with van der Waals surface area (Å²) in [4.78, 5) is 18.7. The third kappa shape index (κ3) is 2.68. The van der Waals surface area contributed by atoms with Crippen LogP contribution in [0.2, 0.25) is 0 Å². The summed E-state index contributed by atoms with van der Waals surface area (Å²) in [5.74, 6) is -0.282. The molecule has 2 aliphatic rings. The Balaban J connectivity index is 1.58. The minimum Gasteiger partial charge on any atom is -0.396 e. The Kier molecular flexibility index (Phi) is 4.36. The first-order valence-corrected chi connectivity index (χ1v) is 10.5. The highest BCUT2D eigenvalue weighted by molar-refractivity contribution is 7.89. The van der Waals surface area contributed by atoms with Gasteiger partial charge in [0.1, 0.15) is 10.6 Å². The topological polar surface area (TPSA) is 124 Å². The molecule has 1 amide bonds. The molecule has 4 rings (SSSR count). The quantitative estimate of drug-likeness (QED) is 0.704. The van der Waals surface area contributed by atoms with Crippen LogP contribution in [0, 0.1) is 25.2 Å². The maximum atomic E-state index is 13.2. The lowest BCUT2D eigenvalue weighted by molar-refractivity contribution is 0.0727. The van der Waals surface area contributed by atoms with Gasteiger partial charge in [-0.2, -0.15) is 9.40 Å². The molecule has 2 fully saturated rings. The van der Waals surface area contributed by atoms with E-state index in [1.807, 2.05) is 0 Å². The van der Waals surface area contributed by atoms with Crippen molar-refractivity contribution < 1.29 is 18.3 Å². The second kappa shape index (κ2) is 6.39. The van der Waals surface area contributed by atoms with Gasteiger partial charge in [0.25, 0.3) is 5.91 Å². The number of H-pyrrole nitrogens is 1. The monoisotopic (exact) mass is 408 g/mol. The normalized spacial score (nSPS) is 25.4. The number of aryl methyl sites for hydroxylation is 3. The van der Waals surface area contributed by atoms with Crippen LogP contribution in [0.15, 0.2) is 17.4 Å². The molecule has 0 radical (unpaired) electrons. The lowest BCUT2D eigenvalue weighted by Crippen LogP contribution is -2.40. The predicted molar refractivity (Wildman–Crippen MR) is 98.9 cm³/mol. The molecule has 2 N–H and O–H groups in total. The van der Waals surface area contributed by atoms with Crippen molar-refractivity contribution in [2.45, 2.75) is 18.7 Å². The fraction of sp³-hybridized carbons (Fsp3) is 0.588. The van der Waals surface area contributed by atoms with Gasteiger partial charge in [-0.3, -0.25) is 9.89 Å². The molecule has 10 nitrogen and oxygen atoms in total. The molecule has 0 aromatic carbocycles. The molecule has 152 valence electrons. The van der Waals surface area contributed by atoms with Crippen LogP contribution < -0.4 is 0 Å². The number of aromatic nitrogens is 4. The van der Waals surface area contributed by atoms with Gasteiger partial charge < -0.3 is 14.6 Å². The zero-order valence-corrected chi connectivity index (χ0v) is 16.9. The SMILES string of the molecule is Cc1n[nH]c(C)c1S(=O)(=O)N1CC2CN(C(=O)c3cncn3C)CC2(CO)C1. The van der Waals surface area contributed by atoms with Crippen LogP contribution in [0.3, 0.4) is 0 Å². The molecule has 11 heteroatoms. The second-order valence-electron chi connectivity index (χ2n) is 7.85. The van der Waals surface area contributed by atoms with Crippen LogP contribution in [0.5, 0.6) is 0 Å². The number of carbonyl (C=O) groups is 1. The molecule has 2 saturated heterocycles. The van der Waals surface area contributed by atoms with Crippen molar-refractivity contribution in [2.75, 3.05) is 32.8 Å². The van der Waals surface area contributed by atoms with E-state index in [4.69, 9.17) is 0 Å². The van der Waals surface area contributed by atoms with Gasteiger partial charge in [0.15, 0.2) is 0 Å². The summed E-state index contributed by atoms with van der Waals surface area (Å²) in [5, 5.41) is 16.9. The molecular formula is C17H24N6O4S. The zero-order chi connectivity index (χ0) is 20.3. The summed E-state index contributed by atoms with van der Waals surface area (Å²) < 4.78 is 29.4. The molecule has 0 spiro atoms. The standard InChI is InChI=1S/C17H24N6O4S/c1-11-15(12(2)20-19-11)28(26,27)23-6-13-5-22(7-17(13,8-23)9-24)16(25)14-4-18-10-21(14)3/h4,10,13,24H,5-9H2,1-3H3,(H,19,20). The number of nitrogens with one attached hydrogen (secondary N) is 1. The number of aromatic amines is 1. The maximum Gasteiger partial charge on any atom is 0.272 e. The Hall–Kier alpha value is -2.24. The number of fused-ring (bicyclic) bond motifs is 1. The number of hydrogen-bond donors (Lipinski definition) is 2. The number of amides is 1. The molecule has 0 aliphatic carbocycles. The minimum atomic E-state index is -3.72. The summed E-state index contributed by atoms with van der Waals surface area (Å²) in [6.07, 6.45) is 3.08. The minimum absolute atomic E-state index is 0.128. The van der Waals surface area contributed by atoms with E-state index in [2.05, 4.69) is 15.2 Å². The zero-order valence-electron chi connectivity index (χ0n) is 16.1. The average Bonchev–Trinajstić information content (AvgIpc) is 3.36. The van der Waals surface area contributed by atoms with Gasteiger partial charge in [0.05, 0.1) is 30.5 Å². The van der Waals surface area contributed by atoms with Crippen molar-refractivity contribution in [1.82, 2.24) is 29.0 Å². The number of aliphatic hydroxyl groups excluding tert-OH is 1. The Labute approximate surface area is 163 Å². The number of aliphatic hydroxyl groups is 1. The third-order valence-electron chi connectivity index (χ3n) is 6.02. The fourth-order valence-electron chi connectivity index (χ4n) is 4.47. The summed E-state index contributed by atoms with van der Waals surface area (Å²) in [6, 6.07) is 0. The van der Waals surface area contributed by atoms with Crippen molar-refractivity contribution in [1.29, 1.82) is 0 Å². The van der Waals surface area contributed by atoms with E-state index >= 15 is 0 Å². The molecule has 2 aromatic rings. The van der Waals surface area contributed by atoms with Gasteiger partial charge in [-0.1, -0.05) is 0 Å². The van der Waals surface area contributed by atoms with E-state index in [0.717, 1.165) is 0 Å². The van der Waals surface area contributed by atoms with E-state index in [1.165, 1.54) is 10.5 Å². The highest BCUT2D eigenvalue weighted by atomic mass is 32.2. The molecular weight excluding hydrogens is 384 g/mol. The predicted octanol–water partition coefficient (Wildman–Crippen LogP) is -0.485. The molecule has 2 atom stereocenters. The van der Waals surface area contributed by atoms with Gasteiger partial charge in [-0.05, 0) is 13.8 Å². The van der Waals surface area contributed by atoms with Crippen LogP contribution in [0.1, 0.15) is 21.9 Å². The Morgan fingerprint density at radius 3 is 2.64 bits per heavy atom. The van der Waals surface area contributed by atoms with E-state index in [1.54, 1.807) is 36.7 Å². The second-order valence-corrected chi connectivity index (χ2v) is 9.73. The number of imidazole rings is 1. The molecule has 28 heavy (non-hydrogen) atoms.